The van der Waals surface area contributed by atoms with Gasteiger partial charge in [0.1, 0.15) is 0 Å². The third kappa shape index (κ3) is 2.42. The maximum absolute atomic E-state index is 10.9. The summed E-state index contributed by atoms with van der Waals surface area (Å²) in [7, 11) is 0. The zero-order chi connectivity index (χ0) is 15.0. The summed E-state index contributed by atoms with van der Waals surface area (Å²) in [4.78, 5) is 12.9. The maximum Gasteiger partial charge on any atom is 0.269 e. The molecule has 0 aliphatic carbocycles. The van der Waals surface area contributed by atoms with Gasteiger partial charge < -0.3 is 4.90 Å². The second-order valence-corrected chi connectivity index (χ2v) is 5.82. The lowest BCUT2D eigenvalue weighted by Crippen LogP contribution is -2.24. The molecule has 1 atom stereocenters. The highest BCUT2D eigenvalue weighted by molar-refractivity contribution is 9.08. The van der Waals surface area contributed by atoms with E-state index in [9.17, 15) is 10.1 Å². The fourth-order valence-electron chi connectivity index (χ4n) is 2.96. The summed E-state index contributed by atoms with van der Waals surface area (Å²) in [6.07, 6.45) is 0.995. The molecule has 0 saturated heterocycles. The summed E-state index contributed by atoms with van der Waals surface area (Å²) in [6, 6.07) is 13.8. The standard InChI is InChI=1S/C16H15BrN2O2/c1-11-8-12-4-2-3-5-15(12)18(11)16-7-6-14(19(20)21)9-13(16)10-17/h2-7,9,11H,8,10H2,1H3. The van der Waals surface area contributed by atoms with E-state index in [0.717, 1.165) is 17.7 Å². The summed E-state index contributed by atoms with van der Waals surface area (Å²) < 4.78 is 0. The van der Waals surface area contributed by atoms with Gasteiger partial charge in [0.25, 0.3) is 5.69 Å². The topological polar surface area (TPSA) is 46.4 Å². The average Bonchev–Trinajstić information content (AvgIpc) is 2.82. The van der Waals surface area contributed by atoms with Crippen molar-refractivity contribution in [1.82, 2.24) is 0 Å². The molecule has 21 heavy (non-hydrogen) atoms. The van der Waals surface area contributed by atoms with E-state index in [0.29, 0.717) is 11.4 Å². The molecule has 3 rings (SSSR count). The van der Waals surface area contributed by atoms with Crippen molar-refractivity contribution in [2.45, 2.75) is 24.7 Å². The molecule has 1 unspecified atom stereocenters. The molecule has 1 heterocycles. The van der Waals surface area contributed by atoms with E-state index in [1.807, 2.05) is 12.1 Å². The Bertz CT molecular complexity index is 702. The molecule has 0 spiro atoms. The Balaban J connectivity index is 2.10. The average molecular weight is 347 g/mol. The molecule has 0 N–H and O–H groups in total. The normalized spacial score (nSPS) is 16.9. The van der Waals surface area contributed by atoms with Gasteiger partial charge in [-0.1, -0.05) is 34.1 Å². The Kier molecular flexibility index (Phi) is 3.68. The largest absolute Gasteiger partial charge is 0.338 e. The zero-order valence-corrected chi connectivity index (χ0v) is 13.2. The van der Waals surface area contributed by atoms with Gasteiger partial charge in [-0.3, -0.25) is 10.1 Å². The molecule has 4 nitrogen and oxygen atoms in total. The van der Waals surface area contributed by atoms with Crippen LogP contribution < -0.4 is 4.90 Å². The van der Waals surface area contributed by atoms with Crippen LogP contribution in [-0.2, 0) is 11.8 Å². The molecular formula is C16H15BrN2O2. The predicted octanol–water partition coefficient (Wildman–Crippen LogP) is 4.57. The van der Waals surface area contributed by atoms with Gasteiger partial charge in [0, 0.05) is 34.9 Å². The van der Waals surface area contributed by atoms with E-state index in [1.54, 1.807) is 12.1 Å². The molecule has 0 aromatic heterocycles. The van der Waals surface area contributed by atoms with Gasteiger partial charge in [-0.25, -0.2) is 0 Å². The highest BCUT2D eigenvalue weighted by Crippen LogP contribution is 2.40. The van der Waals surface area contributed by atoms with Gasteiger partial charge in [0.15, 0.2) is 0 Å². The highest BCUT2D eigenvalue weighted by Gasteiger charge is 2.28. The Morgan fingerprint density at radius 2 is 2.05 bits per heavy atom. The van der Waals surface area contributed by atoms with Crippen LogP contribution in [0, 0.1) is 10.1 Å². The van der Waals surface area contributed by atoms with Crippen LogP contribution in [0.25, 0.3) is 0 Å². The molecule has 0 amide bonds. The minimum Gasteiger partial charge on any atom is -0.338 e. The fourth-order valence-corrected chi connectivity index (χ4v) is 3.41. The number of nitrogens with zero attached hydrogens (tertiary/aromatic N) is 2. The number of alkyl halides is 1. The predicted molar refractivity (Wildman–Crippen MR) is 87.5 cm³/mol. The number of halogens is 1. The number of fused-ring (bicyclic) bond motifs is 1. The van der Waals surface area contributed by atoms with E-state index in [4.69, 9.17) is 0 Å². The van der Waals surface area contributed by atoms with Crippen LogP contribution in [0.2, 0.25) is 0 Å². The summed E-state index contributed by atoms with van der Waals surface area (Å²) in [5.41, 5.74) is 4.63. The summed E-state index contributed by atoms with van der Waals surface area (Å²) in [5, 5.41) is 11.5. The first-order valence-electron chi connectivity index (χ1n) is 6.82. The molecule has 108 valence electrons. The number of hydrogen-bond acceptors (Lipinski definition) is 3. The Hall–Kier alpha value is -1.88. The molecule has 1 aliphatic rings. The number of nitro benzene ring substituents is 1. The van der Waals surface area contributed by atoms with Crippen LogP contribution in [0.15, 0.2) is 42.5 Å². The molecule has 2 aromatic rings. The minimum absolute atomic E-state index is 0.133. The lowest BCUT2D eigenvalue weighted by molar-refractivity contribution is -0.384. The number of hydrogen-bond donors (Lipinski definition) is 0. The molecule has 0 fully saturated rings. The van der Waals surface area contributed by atoms with Crippen molar-refractivity contribution in [2.24, 2.45) is 0 Å². The van der Waals surface area contributed by atoms with Crippen LogP contribution in [-0.4, -0.2) is 11.0 Å². The molecule has 2 aromatic carbocycles. The summed E-state index contributed by atoms with van der Waals surface area (Å²) in [6.45, 7) is 2.18. The van der Waals surface area contributed by atoms with Gasteiger partial charge in [0.05, 0.1) is 4.92 Å². The third-order valence-electron chi connectivity index (χ3n) is 3.88. The van der Waals surface area contributed by atoms with E-state index in [2.05, 4.69) is 46.0 Å². The Morgan fingerprint density at radius 3 is 2.76 bits per heavy atom. The number of nitro groups is 1. The minimum atomic E-state index is -0.350. The number of para-hydroxylation sites is 1. The molecule has 0 radical (unpaired) electrons. The van der Waals surface area contributed by atoms with E-state index in [-0.39, 0.29) is 10.6 Å². The van der Waals surface area contributed by atoms with Gasteiger partial charge in [-0.15, -0.1) is 0 Å². The van der Waals surface area contributed by atoms with Crippen LogP contribution in [0.3, 0.4) is 0 Å². The molecule has 0 bridgehead atoms. The molecule has 0 saturated carbocycles. The van der Waals surface area contributed by atoms with E-state index in [1.165, 1.54) is 11.3 Å². The van der Waals surface area contributed by atoms with Gasteiger partial charge in [-0.2, -0.15) is 0 Å². The Labute approximate surface area is 131 Å². The second-order valence-electron chi connectivity index (χ2n) is 5.26. The van der Waals surface area contributed by atoms with Gasteiger partial charge >= 0.3 is 0 Å². The third-order valence-corrected chi connectivity index (χ3v) is 4.49. The highest BCUT2D eigenvalue weighted by atomic mass is 79.9. The summed E-state index contributed by atoms with van der Waals surface area (Å²) in [5.74, 6) is 0. The lowest BCUT2D eigenvalue weighted by Gasteiger charge is -2.27. The zero-order valence-electron chi connectivity index (χ0n) is 11.6. The Morgan fingerprint density at radius 1 is 1.29 bits per heavy atom. The van der Waals surface area contributed by atoms with E-state index < -0.39 is 0 Å². The fraction of sp³-hybridized carbons (Fsp3) is 0.250. The SMILES string of the molecule is CC1Cc2ccccc2N1c1ccc([N+](=O)[O-])cc1CBr. The van der Waals surface area contributed by atoms with Crippen molar-refractivity contribution in [3.8, 4) is 0 Å². The first kappa shape index (κ1) is 14.1. The van der Waals surface area contributed by atoms with Crippen LogP contribution >= 0.6 is 15.9 Å². The van der Waals surface area contributed by atoms with Crippen LogP contribution in [0.1, 0.15) is 18.1 Å². The van der Waals surface area contributed by atoms with Crippen molar-refractivity contribution >= 4 is 33.0 Å². The molecule has 5 heteroatoms. The number of benzene rings is 2. The lowest BCUT2D eigenvalue weighted by atomic mass is 10.1. The van der Waals surface area contributed by atoms with Crippen molar-refractivity contribution in [3.05, 3.63) is 63.7 Å². The van der Waals surface area contributed by atoms with Crippen LogP contribution in [0.4, 0.5) is 17.1 Å². The van der Waals surface area contributed by atoms with Gasteiger partial charge in [0.2, 0.25) is 0 Å². The second kappa shape index (κ2) is 5.48. The van der Waals surface area contributed by atoms with Crippen molar-refractivity contribution in [3.63, 3.8) is 0 Å². The maximum atomic E-state index is 10.9. The van der Waals surface area contributed by atoms with E-state index >= 15 is 0 Å². The number of non-ortho nitro benzene ring substituents is 1. The van der Waals surface area contributed by atoms with Crippen molar-refractivity contribution in [2.75, 3.05) is 4.90 Å². The van der Waals surface area contributed by atoms with Crippen molar-refractivity contribution < 1.29 is 4.92 Å². The summed E-state index contributed by atoms with van der Waals surface area (Å²) >= 11 is 3.45. The smallest absolute Gasteiger partial charge is 0.269 e. The molecular weight excluding hydrogens is 332 g/mol. The number of rotatable bonds is 3. The van der Waals surface area contributed by atoms with Crippen molar-refractivity contribution in [1.29, 1.82) is 0 Å². The van der Waals surface area contributed by atoms with Crippen LogP contribution in [0.5, 0.6) is 0 Å². The van der Waals surface area contributed by atoms with Gasteiger partial charge in [-0.05, 0) is 36.6 Å². The monoisotopic (exact) mass is 346 g/mol. The quantitative estimate of drug-likeness (QED) is 0.464. The first-order chi connectivity index (χ1) is 10.1. The molecule has 1 aliphatic heterocycles. The number of anilines is 2. The first-order valence-corrected chi connectivity index (χ1v) is 7.94.